The molecule has 0 saturated carbocycles. The summed E-state index contributed by atoms with van der Waals surface area (Å²) in [5.74, 6) is 0.0787. The van der Waals surface area contributed by atoms with Crippen LogP contribution in [0.15, 0.2) is 6.33 Å². The summed E-state index contributed by atoms with van der Waals surface area (Å²) in [4.78, 5) is 12.4. The molecule has 2 aromatic heterocycles. The Morgan fingerprint density at radius 3 is 2.73 bits per heavy atom. The summed E-state index contributed by atoms with van der Waals surface area (Å²) in [6, 6.07) is 0. The number of aliphatic hydroxyl groups excluding tert-OH is 1. The third-order valence-electron chi connectivity index (χ3n) is 5.32. The lowest BCUT2D eigenvalue weighted by molar-refractivity contribution is -0.0410. The highest BCUT2D eigenvalue weighted by molar-refractivity contribution is 6.74. The number of imidazole rings is 1. The van der Waals surface area contributed by atoms with Crippen molar-refractivity contribution in [1.29, 1.82) is 0 Å². The molecule has 0 spiro atoms. The summed E-state index contributed by atoms with van der Waals surface area (Å²) in [6.45, 7) is 10.8. The first-order valence-electron chi connectivity index (χ1n) is 8.63. The smallest absolute Gasteiger partial charge is 0.223 e. The van der Waals surface area contributed by atoms with Crippen LogP contribution in [0.25, 0.3) is 11.2 Å². The first-order chi connectivity index (χ1) is 12.0. The van der Waals surface area contributed by atoms with Gasteiger partial charge in [0.15, 0.2) is 19.1 Å². The predicted molar refractivity (Wildman–Crippen MR) is 102 cm³/mol. The molecule has 0 amide bonds. The van der Waals surface area contributed by atoms with Gasteiger partial charge < -0.3 is 20.0 Å². The number of halogens is 1. The minimum Gasteiger partial charge on any atom is -0.411 e. The van der Waals surface area contributed by atoms with Gasteiger partial charge in [0.2, 0.25) is 5.95 Å². The third kappa shape index (κ3) is 3.46. The zero-order valence-corrected chi connectivity index (χ0v) is 17.5. The van der Waals surface area contributed by atoms with Crippen molar-refractivity contribution in [3.8, 4) is 0 Å². The van der Waals surface area contributed by atoms with E-state index in [0.717, 1.165) is 0 Å². The van der Waals surface area contributed by atoms with Gasteiger partial charge >= 0.3 is 0 Å². The molecule has 8 nitrogen and oxygen atoms in total. The van der Waals surface area contributed by atoms with Gasteiger partial charge in [0.05, 0.1) is 19.0 Å². The second kappa shape index (κ2) is 6.72. The van der Waals surface area contributed by atoms with E-state index in [0.29, 0.717) is 17.6 Å². The maximum atomic E-state index is 9.77. The van der Waals surface area contributed by atoms with Gasteiger partial charge in [-0.05, 0) is 18.1 Å². The number of nitrogen functional groups attached to an aromatic ring is 1. The molecule has 1 aliphatic rings. The highest BCUT2D eigenvalue weighted by Gasteiger charge is 2.45. The van der Waals surface area contributed by atoms with Crippen LogP contribution in [0.5, 0.6) is 0 Å². The van der Waals surface area contributed by atoms with Crippen LogP contribution >= 0.6 is 11.6 Å². The molecule has 3 N–H and O–H groups in total. The van der Waals surface area contributed by atoms with E-state index in [-0.39, 0.29) is 35.1 Å². The van der Waals surface area contributed by atoms with E-state index in [1.807, 2.05) is 0 Å². The molecule has 3 rings (SSSR count). The largest absolute Gasteiger partial charge is 0.411 e. The summed E-state index contributed by atoms with van der Waals surface area (Å²) < 4.78 is 14.3. The van der Waals surface area contributed by atoms with Crippen molar-refractivity contribution in [3.63, 3.8) is 0 Å². The molecule has 3 heterocycles. The molecule has 3 atom stereocenters. The van der Waals surface area contributed by atoms with Crippen molar-refractivity contribution in [2.75, 3.05) is 12.3 Å². The number of hydrogen-bond acceptors (Lipinski definition) is 7. The fraction of sp³-hybridized carbons (Fsp3) is 0.688. The molecule has 1 saturated heterocycles. The Morgan fingerprint density at radius 2 is 2.12 bits per heavy atom. The van der Waals surface area contributed by atoms with Crippen LogP contribution in [0.1, 0.15) is 33.4 Å². The average Bonchev–Trinajstić information content (AvgIpc) is 3.09. The summed E-state index contributed by atoms with van der Waals surface area (Å²) in [6.07, 6.45) is 1.24. The van der Waals surface area contributed by atoms with E-state index >= 15 is 0 Å². The van der Waals surface area contributed by atoms with Gasteiger partial charge in [-0.1, -0.05) is 32.4 Å². The van der Waals surface area contributed by atoms with Crippen molar-refractivity contribution in [1.82, 2.24) is 19.5 Å². The van der Waals surface area contributed by atoms with Crippen molar-refractivity contribution in [2.45, 2.75) is 63.8 Å². The molecule has 0 bridgehead atoms. The number of rotatable bonds is 4. The van der Waals surface area contributed by atoms with E-state index in [4.69, 9.17) is 26.5 Å². The lowest BCUT2D eigenvalue weighted by Gasteiger charge is -2.39. The Labute approximate surface area is 158 Å². The number of fused-ring (bicyclic) bond motifs is 1. The molecular formula is C16H26ClN5O3Si. The Kier molecular flexibility index (Phi) is 5.04. The lowest BCUT2D eigenvalue weighted by atomic mass is 10.2. The second-order valence-corrected chi connectivity index (χ2v) is 13.3. The van der Waals surface area contributed by atoms with Crippen LogP contribution in [0, 0.1) is 0 Å². The van der Waals surface area contributed by atoms with Crippen LogP contribution in [-0.4, -0.2) is 51.8 Å². The van der Waals surface area contributed by atoms with Crippen LogP contribution in [0.3, 0.4) is 0 Å². The van der Waals surface area contributed by atoms with E-state index in [9.17, 15) is 5.11 Å². The molecule has 10 heteroatoms. The van der Waals surface area contributed by atoms with E-state index in [1.165, 1.54) is 0 Å². The number of aliphatic hydroxyl groups is 1. The topological polar surface area (TPSA) is 108 Å². The molecule has 2 aromatic rings. The molecule has 0 radical (unpaired) electrons. The number of nitrogens with two attached hydrogens (primary N) is 1. The van der Waals surface area contributed by atoms with E-state index in [1.54, 1.807) is 10.9 Å². The highest BCUT2D eigenvalue weighted by atomic mass is 35.5. The quantitative estimate of drug-likeness (QED) is 0.600. The molecule has 0 aliphatic carbocycles. The van der Waals surface area contributed by atoms with Crippen LogP contribution < -0.4 is 5.73 Å². The molecule has 1 fully saturated rings. The summed E-state index contributed by atoms with van der Waals surface area (Å²) in [5.41, 5.74) is 6.70. The molecule has 26 heavy (non-hydrogen) atoms. The van der Waals surface area contributed by atoms with Crippen LogP contribution in [-0.2, 0) is 9.16 Å². The van der Waals surface area contributed by atoms with Crippen molar-refractivity contribution >= 4 is 37.0 Å². The number of anilines is 1. The fourth-order valence-corrected chi connectivity index (χ4v) is 4.40. The normalized spacial score (nSPS) is 24.5. The van der Waals surface area contributed by atoms with E-state index in [2.05, 4.69) is 48.8 Å². The Morgan fingerprint density at radius 1 is 1.42 bits per heavy atom. The number of hydrogen-bond donors (Lipinski definition) is 2. The standard InChI is InChI=1S/C16H26ClN5O3Si/c1-16(2,3)26(4,5)25-9-6-11(24-10(9)7-23)22-8-19-12-13(17)20-15(18)21-14(12)22/h8-11,23H,6-7H2,1-5H3,(H2,18,20,21)/t9?,10-,11-/m1/s1. The van der Waals surface area contributed by atoms with Crippen LogP contribution in [0.4, 0.5) is 5.95 Å². The van der Waals surface area contributed by atoms with Gasteiger partial charge in [0.1, 0.15) is 17.8 Å². The molecular weight excluding hydrogens is 374 g/mol. The maximum absolute atomic E-state index is 9.77. The first kappa shape index (κ1) is 19.5. The minimum atomic E-state index is -2.00. The molecule has 1 aliphatic heterocycles. The predicted octanol–water partition coefficient (Wildman–Crippen LogP) is 2.73. The van der Waals surface area contributed by atoms with Gasteiger partial charge in [-0.25, -0.2) is 4.98 Å². The minimum absolute atomic E-state index is 0.0714. The summed E-state index contributed by atoms with van der Waals surface area (Å²) in [7, 11) is -2.00. The van der Waals surface area contributed by atoms with Gasteiger partial charge in [0.25, 0.3) is 0 Å². The van der Waals surface area contributed by atoms with Gasteiger partial charge in [-0.15, -0.1) is 0 Å². The molecule has 1 unspecified atom stereocenters. The zero-order valence-electron chi connectivity index (χ0n) is 15.7. The maximum Gasteiger partial charge on any atom is 0.223 e. The van der Waals surface area contributed by atoms with Gasteiger partial charge in [0, 0.05) is 6.42 Å². The Bertz CT molecular complexity index is 807. The lowest BCUT2D eigenvalue weighted by Crippen LogP contribution is -2.46. The van der Waals surface area contributed by atoms with Gasteiger partial charge in [-0.3, -0.25) is 4.57 Å². The third-order valence-corrected chi connectivity index (χ3v) is 10.1. The monoisotopic (exact) mass is 399 g/mol. The summed E-state index contributed by atoms with van der Waals surface area (Å²) in [5, 5.41) is 10.0. The van der Waals surface area contributed by atoms with Crippen molar-refractivity contribution in [3.05, 3.63) is 11.5 Å². The van der Waals surface area contributed by atoms with Crippen LogP contribution in [0.2, 0.25) is 23.3 Å². The molecule has 144 valence electrons. The average molecular weight is 400 g/mol. The number of ether oxygens (including phenoxy) is 1. The van der Waals surface area contributed by atoms with E-state index < -0.39 is 14.4 Å². The van der Waals surface area contributed by atoms with Crippen molar-refractivity contribution < 1.29 is 14.3 Å². The first-order valence-corrected chi connectivity index (χ1v) is 11.9. The highest BCUT2D eigenvalue weighted by Crippen LogP contribution is 2.41. The second-order valence-electron chi connectivity index (χ2n) is 8.16. The zero-order chi connectivity index (χ0) is 19.3. The summed E-state index contributed by atoms with van der Waals surface area (Å²) >= 11 is 6.10. The fourth-order valence-electron chi connectivity index (χ4n) is 2.82. The Hall–Kier alpha value is -1.26. The Balaban J connectivity index is 1.88. The number of aromatic nitrogens is 4. The van der Waals surface area contributed by atoms with Crippen molar-refractivity contribution in [2.24, 2.45) is 0 Å². The number of nitrogens with zero attached hydrogens (tertiary/aromatic N) is 4. The van der Waals surface area contributed by atoms with Gasteiger partial charge in [-0.2, -0.15) is 9.97 Å². The SMILES string of the molecule is CC(C)(C)[Si](C)(C)OC1C[C@H](n2cnc3c(Cl)nc(N)nc32)O[C@@H]1CO. The molecule has 0 aromatic carbocycles.